The topological polar surface area (TPSA) is 87.2 Å². The number of quaternary nitrogens is 1. The van der Waals surface area contributed by atoms with Gasteiger partial charge in [-0.25, -0.2) is 9.37 Å². The third-order valence-corrected chi connectivity index (χ3v) is 7.96. The molecule has 0 aliphatic carbocycles. The van der Waals surface area contributed by atoms with Crippen molar-refractivity contribution in [1.82, 2.24) is 14.7 Å². The first-order chi connectivity index (χ1) is 17.4. The summed E-state index contributed by atoms with van der Waals surface area (Å²) in [6.07, 6.45) is 5.54. The van der Waals surface area contributed by atoms with Crippen molar-refractivity contribution in [2.75, 3.05) is 26.4 Å². The fourth-order valence-electron chi connectivity index (χ4n) is 5.71. The maximum atomic E-state index is 13.6. The fourth-order valence-corrected chi connectivity index (χ4v) is 5.71. The van der Waals surface area contributed by atoms with Gasteiger partial charge in [-0.1, -0.05) is 12.1 Å². The maximum absolute atomic E-state index is 13.6. The van der Waals surface area contributed by atoms with Crippen molar-refractivity contribution in [3.05, 3.63) is 57.1 Å². The molecular weight excluding hydrogens is 590 g/mol. The Morgan fingerprint density at radius 1 is 1.27 bits per heavy atom. The van der Waals surface area contributed by atoms with Crippen LogP contribution in [0.2, 0.25) is 0 Å². The molecule has 0 spiro atoms. The van der Waals surface area contributed by atoms with Crippen LogP contribution in [-0.2, 0) is 28.9 Å². The number of ether oxygens (including phenoxy) is 1. The van der Waals surface area contributed by atoms with Crippen LogP contribution in [-0.4, -0.2) is 51.5 Å². The highest BCUT2D eigenvalue weighted by Crippen LogP contribution is 2.35. The lowest BCUT2D eigenvalue weighted by Gasteiger charge is -2.42. The molecule has 5 rings (SSSR count). The number of esters is 1. The van der Waals surface area contributed by atoms with E-state index in [0.717, 1.165) is 79.9 Å². The minimum absolute atomic E-state index is 0. The van der Waals surface area contributed by atoms with E-state index < -0.39 is 0 Å². The van der Waals surface area contributed by atoms with Crippen LogP contribution in [0, 0.1) is 12.7 Å². The molecule has 0 bridgehead atoms. The van der Waals surface area contributed by atoms with Crippen LogP contribution in [0.3, 0.4) is 0 Å². The van der Waals surface area contributed by atoms with Crippen LogP contribution in [0.5, 0.6) is 0 Å². The Morgan fingerprint density at radius 2 is 2.05 bits per heavy atom. The highest BCUT2D eigenvalue weighted by atomic mass is 127. The molecule has 0 N–H and O–H groups in total. The monoisotopic (exact) mass is 624 g/mol. The van der Waals surface area contributed by atoms with Crippen molar-refractivity contribution < 1.29 is 46.9 Å². The number of carbonyl (C=O) groups is 1. The third-order valence-electron chi connectivity index (χ3n) is 7.96. The number of aryl methyl sites for hydroxylation is 2. The summed E-state index contributed by atoms with van der Waals surface area (Å²) in [4.78, 5) is 30.0. The molecule has 0 amide bonds. The van der Waals surface area contributed by atoms with Gasteiger partial charge in [-0.05, 0) is 31.9 Å². The standard InChI is InChI=1S/C27H34FN4O4.HI/c1-3-25(33)35-17-32(15-11-21-18(2)29-24-6-4-5-12-31(24)27(21)34)13-9-19(10-14-32)26-22-8-7-20(28)16-23(22)36-30-26;/h7-8,16,19H,3-6,9-15,17H2,1-2H3;1H/q+1;/p-1. The second kappa shape index (κ2) is 11.6. The minimum atomic E-state index is -0.342. The number of piperidine rings is 1. The lowest BCUT2D eigenvalue weighted by molar-refractivity contribution is -0.948. The second-order valence-electron chi connectivity index (χ2n) is 10.2. The van der Waals surface area contributed by atoms with Crippen LogP contribution < -0.4 is 29.5 Å². The van der Waals surface area contributed by atoms with Gasteiger partial charge in [-0.3, -0.25) is 18.6 Å². The molecule has 2 aliphatic heterocycles. The summed E-state index contributed by atoms with van der Waals surface area (Å²) in [5, 5.41) is 5.12. The number of rotatable bonds is 7. The summed E-state index contributed by atoms with van der Waals surface area (Å²) >= 11 is 0. The van der Waals surface area contributed by atoms with Gasteiger partial charge >= 0.3 is 5.97 Å². The van der Waals surface area contributed by atoms with E-state index in [1.807, 2.05) is 11.5 Å². The first kappa shape index (κ1) is 27.7. The summed E-state index contributed by atoms with van der Waals surface area (Å²) in [6.45, 7) is 7.03. The van der Waals surface area contributed by atoms with Crippen molar-refractivity contribution in [2.45, 2.75) is 71.3 Å². The van der Waals surface area contributed by atoms with Gasteiger partial charge in [0.2, 0.25) is 6.73 Å². The van der Waals surface area contributed by atoms with E-state index in [9.17, 15) is 14.0 Å². The zero-order chi connectivity index (χ0) is 25.3. The molecule has 37 heavy (non-hydrogen) atoms. The summed E-state index contributed by atoms with van der Waals surface area (Å²) in [5.74, 6) is 0.521. The maximum Gasteiger partial charge on any atom is 0.309 e. The number of halogens is 2. The van der Waals surface area contributed by atoms with Gasteiger partial charge in [0.25, 0.3) is 5.56 Å². The van der Waals surface area contributed by atoms with Crippen molar-refractivity contribution in [1.29, 1.82) is 0 Å². The average Bonchev–Trinajstić information content (AvgIpc) is 3.30. The van der Waals surface area contributed by atoms with E-state index in [4.69, 9.17) is 14.2 Å². The molecule has 0 atom stereocenters. The Bertz CT molecular complexity index is 1330. The first-order valence-corrected chi connectivity index (χ1v) is 13.0. The number of nitrogens with zero attached hydrogens (tertiary/aromatic N) is 4. The van der Waals surface area contributed by atoms with E-state index in [2.05, 4.69) is 5.16 Å². The quantitative estimate of drug-likeness (QED) is 0.222. The molecule has 2 aliphatic rings. The molecule has 2 aromatic heterocycles. The van der Waals surface area contributed by atoms with Gasteiger partial charge < -0.3 is 33.2 Å². The van der Waals surface area contributed by atoms with E-state index in [1.54, 1.807) is 13.0 Å². The van der Waals surface area contributed by atoms with Crippen molar-refractivity contribution in [3.8, 4) is 0 Å². The van der Waals surface area contributed by atoms with Crippen LogP contribution in [0.1, 0.15) is 67.7 Å². The van der Waals surface area contributed by atoms with Crippen molar-refractivity contribution in [3.63, 3.8) is 0 Å². The Labute approximate surface area is 232 Å². The van der Waals surface area contributed by atoms with Crippen LogP contribution in [0.25, 0.3) is 11.0 Å². The molecule has 10 heteroatoms. The van der Waals surface area contributed by atoms with Gasteiger partial charge in [0.05, 0.1) is 25.3 Å². The van der Waals surface area contributed by atoms with E-state index in [-0.39, 0.29) is 47.2 Å². The fraction of sp³-hybridized carbons (Fsp3) is 0.556. The normalized spacial score (nSPS) is 21.3. The third kappa shape index (κ3) is 5.74. The zero-order valence-electron chi connectivity index (χ0n) is 21.5. The smallest absolute Gasteiger partial charge is 0.309 e. The second-order valence-corrected chi connectivity index (χ2v) is 10.2. The lowest BCUT2D eigenvalue weighted by Crippen LogP contribution is -3.00. The Balaban J connectivity index is 0.00000320. The summed E-state index contributed by atoms with van der Waals surface area (Å²) in [6, 6.07) is 4.53. The number of benzene rings is 1. The Morgan fingerprint density at radius 3 is 2.81 bits per heavy atom. The van der Waals surface area contributed by atoms with Crippen LogP contribution in [0.15, 0.2) is 27.5 Å². The summed E-state index contributed by atoms with van der Waals surface area (Å²) in [5.41, 5.74) is 2.99. The molecule has 8 nitrogen and oxygen atoms in total. The van der Waals surface area contributed by atoms with Gasteiger partial charge in [0, 0.05) is 67.3 Å². The van der Waals surface area contributed by atoms with Crippen LogP contribution in [0.4, 0.5) is 4.39 Å². The zero-order valence-corrected chi connectivity index (χ0v) is 23.6. The molecule has 4 heterocycles. The summed E-state index contributed by atoms with van der Waals surface area (Å²) < 4.78 is 27.1. The highest BCUT2D eigenvalue weighted by molar-refractivity contribution is 5.79. The molecule has 3 aromatic rings. The first-order valence-electron chi connectivity index (χ1n) is 13.0. The number of hydrogen-bond acceptors (Lipinski definition) is 6. The SMILES string of the molecule is CCC(=O)OC[N+]1(CCc2c(C)nc3n(c2=O)CCCC3)CCC(c2noc3cc(F)ccc23)CC1.[I-]. The summed E-state index contributed by atoms with van der Waals surface area (Å²) in [7, 11) is 0. The predicted octanol–water partition coefficient (Wildman–Crippen LogP) is 1.02. The number of aromatic nitrogens is 3. The van der Waals surface area contributed by atoms with Crippen molar-refractivity contribution >= 4 is 16.9 Å². The average molecular weight is 624 g/mol. The highest BCUT2D eigenvalue weighted by Gasteiger charge is 2.37. The predicted molar refractivity (Wildman–Crippen MR) is 132 cm³/mol. The van der Waals surface area contributed by atoms with E-state index in [0.29, 0.717) is 36.2 Å². The molecule has 0 radical (unpaired) electrons. The van der Waals surface area contributed by atoms with Crippen LogP contribution >= 0.6 is 0 Å². The van der Waals surface area contributed by atoms with Gasteiger partial charge in [-0.2, -0.15) is 0 Å². The number of likely N-dealkylation sites (tertiary alicyclic amines) is 1. The lowest BCUT2D eigenvalue weighted by atomic mass is 9.90. The van der Waals surface area contributed by atoms with Gasteiger partial charge in [-0.15, -0.1) is 0 Å². The molecule has 200 valence electrons. The molecule has 1 fully saturated rings. The molecule has 1 aromatic carbocycles. The largest absolute Gasteiger partial charge is 1.00 e. The van der Waals surface area contributed by atoms with E-state index >= 15 is 0 Å². The Hall–Kier alpha value is -2.34. The Kier molecular flexibility index (Phi) is 8.67. The molecule has 0 unspecified atom stereocenters. The number of fused-ring (bicyclic) bond motifs is 2. The minimum Gasteiger partial charge on any atom is -1.00 e. The van der Waals surface area contributed by atoms with Crippen molar-refractivity contribution in [2.24, 2.45) is 0 Å². The number of carbonyl (C=O) groups excluding carboxylic acids is 1. The molecule has 0 saturated carbocycles. The van der Waals surface area contributed by atoms with E-state index in [1.165, 1.54) is 12.1 Å². The van der Waals surface area contributed by atoms with Gasteiger partial charge in [0.1, 0.15) is 11.6 Å². The van der Waals surface area contributed by atoms with Gasteiger partial charge in [0.15, 0.2) is 5.58 Å². The molecular formula is C27H34FIN4O4. The molecule has 1 saturated heterocycles. The number of hydrogen-bond donors (Lipinski definition) is 0.